The minimum absolute atomic E-state index is 0.155. The Morgan fingerprint density at radius 3 is 2.58 bits per heavy atom. The fraction of sp³-hybridized carbons (Fsp3) is 0.667. The molecule has 0 aliphatic rings. The van der Waals surface area contributed by atoms with Crippen molar-refractivity contribution in [2.45, 2.75) is 46.8 Å². The first-order chi connectivity index (χ1) is 8.91. The van der Waals surface area contributed by atoms with Crippen molar-refractivity contribution in [3.05, 3.63) is 23.0 Å². The second kappa shape index (κ2) is 6.87. The molecule has 0 aliphatic heterocycles. The molecule has 4 nitrogen and oxygen atoms in total. The molecular formula is C15H26N2O2. The molecule has 0 spiro atoms. The quantitative estimate of drug-likeness (QED) is 0.824. The van der Waals surface area contributed by atoms with Gasteiger partial charge in [-0.05, 0) is 34.6 Å². The summed E-state index contributed by atoms with van der Waals surface area (Å²) in [4.78, 5) is 4.47. The summed E-state index contributed by atoms with van der Waals surface area (Å²) >= 11 is 0. The number of aryl methyl sites for hydroxylation is 1. The average molecular weight is 266 g/mol. The van der Waals surface area contributed by atoms with Crippen molar-refractivity contribution in [3.8, 4) is 5.75 Å². The number of pyridine rings is 1. The molecule has 0 amide bonds. The van der Waals surface area contributed by atoms with Crippen LogP contribution in [-0.2, 0) is 11.3 Å². The second-order valence-corrected chi connectivity index (χ2v) is 5.34. The fourth-order valence-electron chi connectivity index (χ4n) is 2.17. The number of hydrogen-bond donors (Lipinski definition) is 1. The van der Waals surface area contributed by atoms with E-state index < -0.39 is 0 Å². The van der Waals surface area contributed by atoms with Crippen LogP contribution < -0.4 is 10.1 Å². The van der Waals surface area contributed by atoms with E-state index in [0.29, 0.717) is 0 Å². The maximum Gasteiger partial charge on any atom is 0.128 e. The first kappa shape index (κ1) is 15.9. The van der Waals surface area contributed by atoms with Crippen LogP contribution in [-0.4, -0.2) is 30.8 Å². The van der Waals surface area contributed by atoms with E-state index >= 15 is 0 Å². The monoisotopic (exact) mass is 266 g/mol. The predicted molar refractivity (Wildman–Crippen MR) is 77.7 cm³/mol. The van der Waals surface area contributed by atoms with Crippen LogP contribution >= 0.6 is 0 Å². The number of hydrogen-bond acceptors (Lipinski definition) is 4. The van der Waals surface area contributed by atoms with Gasteiger partial charge in [-0.25, -0.2) is 0 Å². The maximum absolute atomic E-state index is 5.65. The minimum Gasteiger partial charge on any atom is -0.496 e. The zero-order chi connectivity index (χ0) is 14.5. The lowest BCUT2D eigenvalue weighted by molar-refractivity contribution is -0.00903. The normalized spacial score (nSPS) is 11.7. The van der Waals surface area contributed by atoms with E-state index in [-0.39, 0.29) is 5.60 Å². The van der Waals surface area contributed by atoms with Crippen molar-refractivity contribution in [3.63, 3.8) is 0 Å². The summed E-state index contributed by atoms with van der Waals surface area (Å²) in [7, 11) is 1.70. The number of methoxy groups -OCH3 is 1. The number of aromatic nitrogens is 1. The molecule has 0 saturated carbocycles. The molecule has 0 unspecified atom stereocenters. The van der Waals surface area contributed by atoms with Crippen LogP contribution in [0.3, 0.4) is 0 Å². The molecule has 19 heavy (non-hydrogen) atoms. The Balaban J connectivity index is 2.64. The van der Waals surface area contributed by atoms with E-state index in [1.165, 1.54) is 0 Å². The van der Waals surface area contributed by atoms with Crippen LogP contribution in [0.2, 0.25) is 0 Å². The number of ether oxygens (including phenoxy) is 2. The lowest BCUT2D eigenvalue weighted by Gasteiger charge is -2.25. The standard InChI is InChI=1S/C15H26N2O2/c1-7-19-15(4,5)10-16-9-13-12(3)14(18-6)11(2)8-17-13/h8,16H,7,9-10H2,1-6H3. The molecule has 0 aliphatic carbocycles. The van der Waals surface area contributed by atoms with Gasteiger partial charge in [-0.3, -0.25) is 4.98 Å². The average Bonchev–Trinajstić information content (AvgIpc) is 2.32. The predicted octanol–water partition coefficient (Wildman–Crippen LogP) is 2.61. The van der Waals surface area contributed by atoms with E-state index in [0.717, 1.165) is 42.3 Å². The molecule has 0 saturated heterocycles. The first-order valence-corrected chi connectivity index (χ1v) is 6.75. The molecule has 1 N–H and O–H groups in total. The number of rotatable bonds is 7. The van der Waals surface area contributed by atoms with Crippen LogP contribution in [0.4, 0.5) is 0 Å². The Morgan fingerprint density at radius 2 is 2.00 bits per heavy atom. The summed E-state index contributed by atoms with van der Waals surface area (Å²) in [6.07, 6.45) is 1.86. The lowest BCUT2D eigenvalue weighted by atomic mass is 10.1. The van der Waals surface area contributed by atoms with E-state index in [1.54, 1.807) is 7.11 Å². The van der Waals surface area contributed by atoms with E-state index in [2.05, 4.69) is 24.1 Å². The molecule has 1 aromatic rings. The highest BCUT2D eigenvalue weighted by atomic mass is 16.5. The van der Waals surface area contributed by atoms with Crippen molar-refractivity contribution < 1.29 is 9.47 Å². The lowest BCUT2D eigenvalue weighted by Crippen LogP contribution is -2.37. The van der Waals surface area contributed by atoms with Gasteiger partial charge in [-0.1, -0.05) is 0 Å². The highest BCUT2D eigenvalue weighted by Gasteiger charge is 2.17. The second-order valence-electron chi connectivity index (χ2n) is 5.34. The molecule has 1 rings (SSSR count). The van der Waals surface area contributed by atoms with Gasteiger partial charge in [0.05, 0.1) is 18.4 Å². The zero-order valence-corrected chi connectivity index (χ0v) is 13.0. The Morgan fingerprint density at radius 1 is 1.32 bits per heavy atom. The summed E-state index contributed by atoms with van der Waals surface area (Å²) < 4.78 is 11.1. The summed E-state index contributed by atoms with van der Waals surface area (Å²) in [5.41, 5.74) is 3.04. The molecule has 0 bridgehead atoms. The van der Waals surface area contributed by atoms with Crippen molar-refractivity contribution in [1.29, 1.82) is 0 Å². The summed E-state index contributed by atoms with van der Waals surface area (Å²) in [5, 5.41) is 3.40. The minimum atomic E-state index is -0.155. The highest BCUT2D eigenvalue weighted by molar-refractivity contribution is 5.40. The van der Waals surface area contributed by atoms with E-state index in [9.17, 15) is 0 Å². The van der Waals surface area contributed by atoms with Crippen LogP contribution in [0.5, 0.6) is 5.75 Å². The summed E-state index contributed by atoms with van der Waals surface area (Å²) in [6.45, 7) is 12.5. The maximum atomic E-state index is 5.65. The summed E-state index contributed by atoms with van der Waals surface area (Å²) in [5.74, 6) is 0.927. The third-order valence-electron chi connectivity index (χ3n) is 3.13. The molecule has 0 atom stereocenters. The topological polar surface area (TPSA) is 43.4 Å². The SMILES string of the molecule is CCOC(C)(C)CNCc1ncc(C)c(OC)c1C. The number of nitrogens with one attached hydrogen (secondary N) is 1. The van der Waals surface area contributed by atoms with Gasteiger partial charge in [0, 0.05) is 37.0 Å². The third kappa shape index (κ3) is 4.48. The zero-order valence-electron chi connectivity index (χ0n) is 13.0. The van der Waals surface area contributed by atoms with Gasteiger partial charge >= 0.3 is 0 Å². The van der Waals surface area contributed by atoms with Crippen molar-refractivity contribution in [2.24, 2.45) is 0 Å². The molecule has 4 heteroatoms. The van der Waals surface area contributed by atoms with Crippen LogP contribution in [0.25, 0.3) is 0 Å². The van der Waals surface area contributed by atoms with Crippen LogP contribution in [0.15, 0.2) is 6.20 Å². The van der Waals surface area contributed by atoms with Gasteiger partial charge in [-0.15, -0.1) is 0 Å². The molecule has 108 valence electrons. The smallest absolute Gasteiger partial charge is 0.128 e. The van der Waals surface area contributed by atoms with Gasteiger partial charge in [0.25, 0.3) is 0 Å². The van der Waals surface area contributed by atoms with Crippen molar-refractivity contribution in [2.75, 3.05) is 20.3 Å². The van der Waals surface area contributed by atoms with Gasteiger partial charge in [0.2, 0.25) is 0 Å². The molecule has 0 fully saturated rings. The summed E-state index contributed by atoms with van der Waals surface area (Å²) in [6, 6.07) is 0. The Labute approximate surface area is 116 Å². The highest BCUT2D eigenvalue weighted by Crippen LogP contribution is 2.23. The molecule has 0 radical (unpaired) electrons. The van der Waals surface area contributed by atoms with Gasteiger partial charge in [0.15, 0.2) is 0 Å². The Bertz CT molecular complexity index is 417. The van der Waals surface area contributed by atoms with Crippen LogP contribution in [0, 0.1) is 13.8 Å². The Hall–Kier alpha value is -1.13. The fourth-order valence-corrected chi connectivity index (χ4v) is 2.17. The van der Waals surface area contributed by atoms with Gasteiger partial charge in [-0.2, -0.15) is 0 Å². The van der Waals surface area contributed by atoms with Gasteiger partial charge < -0.3 is 14.8 Å². The van der Waals surface area contributed by atoms with Crippen molar-refractivity contribution >= 4 is 0 Å². The molecule has 1 heterocycles. The molecule has 1 aromatic heterocycles. The largest absolute Gasteiger partial charge is 0.496 e. The van der Waals surface area contributed by atoms with Gasteiger partial charge in [0.1, 0.15) is 5.75 Å². The first-order valence-electron chi connectivity index (χ1n) is 6.75. The van der Waals surface area contributed by atoms with Crippen molar-refractivity contribution in [1.82, 2.24) is 10.3 Å². The van der Waals surface area contributed by atoms with E-state index in [1.807, 2.05) is 27.0 Å². The van der Waals surface area contributed by atoms with E-state index in [4.69, 9.17) is 9.47 Å². The Kier molecular flexibility index (Phi) is 5.76. The molecule has 0 aromatic carbocycles. The number of nitrogens with zero attached hydrogens (tertiary/aromatic N) is 1. The molecular weight excluding hydrogens is 240 g/mol. The third-order valence-corrected chi connectivity index (χ3v) is 3.13. The van der Waals surface area contributed by atoms with Crippen LogP contribution in [0.1, 0.15) is 37.6 Å².